The summed E-state index contributed by atoms with van der Waals surface area (Å²) in [6, 6.07) is 8.71. The van der Waals surface area contributed by atoms with Gasteiger partial charge in [0.1, 0.15) is 5.84 Å². The third kappa shape index (κ3) is 3.67. The van der Waals surface area contributed by atoms with E-state index in [1.165, 1.54) is 62.1 Å². The molecule has 2 unspecified atom stereocenters. The predicted molar refractivity (Wildman–Crippen MR) is 143 cm³/mol. The van der Waals surface area contributed by atoms with Crippen molar-refractivity contribution in [2.24, 2.45) is 42.1 Å². The lowest BCUT2D eigenvalue weighted by Gasteiger charge is -2.29. The van der Waals surface area contributed by atoms with E-state index in [-0.39, 0.29) is 5.41 Å². The lowest BCUT2D eigenvalue weighted by Crippen LogP contribution is -2.30. The molecule has 5 heteroatoms. The second kappa shape index (κ2) is 8.13. The largest absolute Gasteiger partial charge is 0.385 e. The molecule has 6 rings (SSSR count). The summed E-state index contributed by atoms with van der Waals surface area (Å²) >= 11 is 0. The monoisotopic (exact) mass is 457 g/mol. The lowest BCUT2D eigenvalue weighted by molar-refractivity contribution is 0.375. The van der Waals surface area contributed by atoms with Gasteiger partial charge in [-0.3, -0.25) is 9.98 Å². The van der Waals surface area contributed by atoms with Crippen molar-refractivity contribution in [3.8, 4) is 0 Å². The molecule has 180 valence electrons. The molecule has 2 aliphatic heterocycles. The summed E-state index contributed by atoms with van der Waals surface area (Å²) in [6.45, 7) is 9.58. The number of aliphatic imine (C=N–C) groups is 4. The Morgan fingerprint density at radius 1 is 1.03 bits per heavy atom. The number of amidine groups is 2. The van der Waals surface area contributed by atoms with Gasteiger partial charge in [-0.05, 0) is 68.4 Å². The zero-order chi connectivity index (χ0) is 23.4. The van der Waals surface area contributed by atoms with Gasteiger partial charge in [0.2, 0.25) is 0 Å². The van der Waals surface area contributed by atoms with Crippen LogP contribution in [0.5, 0.6) is 0 Å². The Labute approximate surface area is 204 Å². The minimum Gasteiger partial charge on any atom is -0.385 e. The van der Waals surface area contributed by atoms with Gasteiger partial charge in [-0.1, -0.05) is 39.3 Å². The Hall–Kier alpha value is -2.30. The number of anilines is 1. The highest BCUT2D eigenvalue weighted by molar-refractivity contribution is 6.15. The maximum atomic E-state index is 5.01. The molecule has 3 saturated carbocycles. The molecule has 0 aromatic heterocycles. The number of nitrogens with one attached hydrogen (secondary N) is 1. The highest BCUT2D eigenvalue weighted by Crippen LogP contribution is 2.86. The van der Waals surface area contributed by atoms with Gasteiger partial charge < -0.3 is 5.32 Å². The Morgan fingerprint density at radius 3 is 2.62 bits per heavy atom. The first-order valence-electron chi connectivity index (χ1n) is 13.6. The van der Waals surface area contributed by atoms with E-state index < -0.39 is 0 Å². The van der Waals surface area contributed by atoms with Crippen LogP contribution in [0.4, 0.5) is 5.69 Å². The lowest BCUT2D eigenvalue weighted by atomic mass is 9.76. The number of nitrogens with zero attached hydrogens (tertiary/aromatic N) is 4. The summed E-state index contributed by atoms with van der Waals surface area (Å²) in [5.41, 5.74) is 6.29. The molecule has 5 nitrogen and oxygen atoms in total. The van der Waals surface area contributed by atoms with Gasteiger partial charge in [0, 0.05) is 46.5 Å². The number of benzene rings is 1. The van der Waals surface area contributed by atoms with Crippen LogP contribution in [0.3, 0.4) is 0 Å². The fraction of sp³-hybridized carbons (Fsp3) is 0.655. The number of fused-ring (bicyclic) bond motifs is 1. The predicted octanol–water partition coefficient (Wildman–Crippen LogP) is 6.34. The van der Waals surface area contributed by atoms with Crippen molar-refractivity contribution in [3.63, 3.8) is 0 Å². The van der Waals surface area contributed by atoms with E-state index in [1.54, 1.807) is 0 Å². The van der Waals surface area contributed by atoms with Crippen molar-refractivity contribution in [2.75, 3.05) is 25.0 Å². The first-order valence-corrected chi connectivity index (χ1v) is 13.6. The Kier molecular flexibility index (Phi) is 5.31. The molecule has 1 N–H and O–H groups in total. The van der Waals surface area contributed by atoms with Gasteiger partial charge in [-0.25, -0.2) is 9.98 Å². The molecule has 0 spiro atoms. The quantitative estimate of drug-likeness (QED) is 0.438. The average Bonchev–Trinajstić information content (AvgIpc) is 3.32. The van der Waals surface area contributed by atoms with Gasteiger partial charge in [-0.2, -0.15) is 0 Å². The van der Waals surface area contributed by atoms with Crippen LogP contribution in [0, 0.1) is 22.2 Å². The molecule has 1 aromatic rings. The molecule has 34 heavy (non-hydrogen) atoms. The Morgan fingerprint density at radius 2 is 1.85 bits per heavy atom. The Balaban J connectivity index is 1.08. The fourth-order valence-electron chi connectivity index (χ4n) is 7.10. The van der Waals surface area contributed by atoms with Gasteiger partial charge in [0.15, 0.2) is 5.84 Å². The topological polar surface area (TPSA) is 61.5 Å². The van der Waals surface area contributed by atoms with Crippen LogP contribution in [0.25, 0.3) is 0 Å². The summed E-state index contributed by atoms with van der Waals surface area (Å²) in [7, 11) is 0. The zero-order valence-electron chi connectivity index (χ0n) is 21.2. The van der Waals surface area contributed by atoms with Crippen LogP contribution in [0.2, 0.25) is 0 Å². The summed E-state index contributed by atoms with van der Waals surface area (Å²) in [5, 5.41) is 3.75. The highest BCUT2D eigenvalue weighted by atomic mass is 15.1. The molecule has 0 amide bonds. The van der Waals surface area contributed by atoms with Crippen molar-refractivity contribution >= 4 is 28.8 Å². The Bertz CT molecular complexity index is 1100. The summed E-state index contributed by atoms with van der Waals surface area (Å²) in [6.07, 6.45) is 11.0. The molecule has 5 aliphatic rings. The smallest absolute Gasteiger partial charge is 0.155 e. The normalized spacial score (nSPS) is 35.4. The van der Waals surface area contributed by atoms with Gasteiger partial charge in [-0.15, -0.1) is 0 Å². The van der Waals surface area contributed by atoms with Gasteiger partial charge in [0.25, 0.3) is 0 Å². The van der Waals surface area contributed by atoms with E-state index >= 15 is 0 Å². The molecule has 2 atom stereocenters. The minimum atomic E-state index is 0.269. The average molecular weight is 458 g/mol. The molecule has 1 aromatic carbocycles. The third-order valence-corrected chi connectivity index (χ3v) is 9.38. The number of hydrogen-bond donors (Lipinski definition) is 1. The van der Waals surface area contributed by atoms with Crippen LogP contribution in [-0.2, 0) is 0 Å². The van der Waals surface area contributed by atoms with Crippen molar-refractivity contribution in [1.82, 2.24) is 0 Å². The molecule has 0 saturated heterocycles. The fourth-order valence-corrected chi connectivity index (χ4v) is 7.10. The van der Waals surface area contributed by atoms with E-state index in [1.807, 2.05) is 0 Å². The molecule has 0 bridgehead atoms. The summed E-state index contributed by atoms with van der Waals surface area (Å²) < 4.78 is 0. The standard InChI is InChI=1S/C29H39N5/c1-4-7-25-31-16-23(33-25)28(11-5-2)12-10-20(14-28)15-30-22-9-6-8-21(13-22)26-32-17-24(34-26)29-18-27(29,3)19-29/h6,8-9,13,20,30H,4-5,7,10-12,14-19H2,1-3H3. The van der Waals surface area contributed by atoms with Crippen LogP contribution in [0.1, 0.15) is 84.1 Å². The van der Waals surface area contributed by atoms with Crippen molar-refractivity contribution in [1.29, 1.82) is 0 Å². The maximum absolute atomic E-state index is 5.01. The SMILES string of the molecule is CCCC1=NCC(C2(CCC)CCC(CNc3cccc(C4=NCC(C56CC5(C)C6)=N4)c3)C2)=N1. The van der Waals surface area contributed by atoms with Crippen molar-refractivity contribution in [2.45, 2.75) is 78.6 Å². The van der Waals surface area contributed by atoms with Crippen LogP contribution in [0.15, 0.2) is 44.2 Å². The molecular formula is C29H39N5. The van der Waals surface area contributed by atoms with Crippen molar-refractivity contribution in [3.05, 3.63) is 29.8 Å². The van der Waals surface area contributed by atoms with Crippen molar-refractivity contribution < 1.29 is 0 Å². The van der Waals surface area contributed by atoms with Gasteiger partial charge >= 0.3 is 0 Å². The number of rotatable bonds is 10. The maximum Gasteiger partial charge on any atom is 0.155 e. The molecule has 3 fully saturated rings. The second-order valence-corrected chi connectivity index (χ2v) is 11.8. The van der Waals surface area contributed by atoms with E-state index in [9.17, 15) is 0 Å². The zero-order valence-corrected chi connectivity index (χ0v) is 21.2. The van der Waals surface area contributed by atoms with E-state index in [4.69, 9.17) is 20.0 Å². The second-order valence-electron chi connectivity index (χ2n) is 11.8. The highest BCUT2D eigenvalue weighted by Gasteiger charge is 2.82. The molecule has 2 heterocycles. The summed E-state index contributed by atoms with van der Waals surface area (Å²) in [5.74, 6) is 2.70. The van der Waals surface area contributed by atoms with Crippen LogP contribution in [-0.4, -0.2) is 42.7 Å². The van der Waals surface area contributed by atoms with E-state index in [0.29, 0.717) is 16.7 Å². The van der Waals surface area contributed by atoms with E-state index in [2.05, 4.69) is 50.4 Å². The number of hydrogen-bond acceptors (Lipinski definition) is 5. The molecular weight excluding hydrogens is 418 g/mol. The third-order valence-electron chi connectivity index (χ3n) is 9.38. The summed E-state index contributed by atoms with van der Waals surface area (Å²) in [4.78, 5) is 19.5. The minimum absolute atomic E-state index is 0.269. The van der Waals surface area contributed by atoms with Gasteiger partial charge in [0.05, 0.1) is 13.1 Å². The first kappa shape index (κ1) is 22.2. The van der Waals surface area contributed by atoms with Crippen LogP contribution >= 0.6 is 0 Å². The molecule has 0 radical (unpaired) electrons. The first-order chi connectivity index (χ1) is 16.5. The van der Waals surface area contributed by atoms with E-state index in [0.717, 1.165) is 49.7 Å². The molecule has 3 aliphatic carbocycles. The van der Waals surface area contributed by atoms with Crippen LogP contribution < -0.4 is 5.32 Å².